The van der Waals surface area contributed by atoms with E-state index in [2.05, 4.69) is 26.2 Å². The van der Waals surface area contributed by atoms with Gasteiger partial charge in [0.1, 0.15) is 5.69 Å². The topological polar surface area (TPSA) is 54.5 Å². The number of hydrogen-bond donors (Lipinski definition) is 1. The van der Waals surface area contributed by atoms with E-state index in [0.717, 1.165) is 17.6 Å². The van der Waals surface area contributed by atoms with Gasteiger partial charge in [-0.15, -0.1) is 0 Å². The number of nitrogens with zero attached hydrogens (tertiary/aromatic N) is 2. The van der Waals surface area contributed by atoms with Crippen LogP contribution in [0.2, 0.25) is 0 Å². The van der Waals surface area contributed by atoms with Gasteiger partial charge in [-0.1, -0.05) is 0 Å². The molecule has 5 nitrogen and oxygen atoms in total. The van der Waals surface area contributed by atoms with Crippen LogP contribution >= 0.6 is 15.9 Å². The molecule has 1 amide bonds. The second kappa shape index (κ2) is 6.26. The first-order chi connectivity index (χ1) is 8.66. The van der Waals surface area contributed by atoms with E-state index in [-0.39, 0.29) is 12.0 Å². The molecule has 1 aromatic rings. The van der Waals surface area contributed by atoms with Crippen LogP contribution in [0.5, 0.6) is 0 Å². The third-order valence-electron chi connectivity index (χ3n) is 2.78. The first kappa shape index (κ1) is 13.5. The highest BCUT2D eigenvalue weighted by Crippen LogP contribution is 2.09. The van der Waals surface area contributed by atoms with Crippen LogP contribution < -0.4 is 5.32 Å². The fraction of sp³-hybridized carbons (Fsp3) is 0.500. The molecule has 1 unspecified atom stereocenters. The van der Waals surface area contributed by atoms with Crippen molar-refractivity contribution in [1.29, 1.82) is 0 Å². The molecule has 18 heavy (non-hydrogen) atoms. The Bertz CT molecular complexity index is 404. The summed E-state index contributed by atoms with van der Waals surface area (Å²) in [5.74, 6) is -0.0864. The lowest BCUT2D eigenvalue weighted by Crippen LogP contribution is -2.45. The average Bonchev–Trinajstić information content (AvgIpc) is 2.40. The Balaban J connectivity index is 1.93. The summed E-state index contributed by atoms with van der Waals surface area (Å²) < 4.78 is 6.43. The van der Waals surface area contributed by atoms with Crippen molar-refractivity contribution in [2.24, 2.45) is 0 Å². The molecule has 1 aromatic heterocycles. The van der Waals surface area contributed by atoms with Crippen LogP contribution in [0.4, 0.5) is 0 Å². The fourth-order valence-electron chi connectivity index (χ4n) is 1.82. The quantitative estimate of drug-likeness (QED) is 0.901. The Hall–Kier alpha value is -0.980. The summed E-state index contributed by atoms with van der Waals surface area (Å²) in [5, 5.41) is 3.24. The maximum Gasteiger partial charge on any atom is 0.272 e. The molecule has 1 aliphatic rings. The molecule has 1 aliphatic heterocycles. The van der Waals surface area contributed by atoms with Crippen LogP contribution in [0.3, 0.4) is 0 Å². The molecule has 1 saturated heterocycles. The predicted octanol–water partition coefficient (Wildman–Crippen LogP) is 0.905. The van der Waals surface area contributed by atoms with Crippen LogP contribution in [0.1, 0.15) is 10.5 Å². The van der Waals surface area contributed by atoms with Crippen molar-refractivity contribution in [2.75, 3.05) is 33.3 Å². The monoisotopic (exact) mass is 313 g/mol. The summed E-state index contributed by atoms with van der Waals surface area (Å²) >= 11 is 3.30. The third kappa shape index (κ3) is 3.51. The second-order valence-corrected chi connectivity index (χ2v) is 5.16. The molecule has 6 heteroatoms. The van der Waals surface area contributed by atoms with Gasteiger partial charge in [-0.05, 0) is 28.1 Å². The standard InChI is InChI=1S/C12H16BrN3O2/c1-16(8-10-7-14-4-5-18-10)12(17)11-3-2-9(13)6-15-11/h2-3,6,10,14H,4-5,7-8H2,1H3. The minimum Gasteiger partial charge on any atom is -0.374 e. The lowest BCUT2D eigenvalue weighted by molar-refractivity contribution is 0.0102. The van der Waals surface area contributed by atoms with Crippen LogP contribution in [0.15, 0.2) is 22.8 Å². The van der Waals surface area contributed by atoms with Gasteiger partial charge in [-0.25, -0.2) is 4.98 Å². The molecule has 0 bridgehead atoms. The van der Waals surface area contributed by atoms with Crippen LogP contribution in [0, 0.1) is 0 Å². The number of hydrogen-bond acceptors (Lipinski definition) is 4. The van der Waals surface area contributed by atoms with E-state index in [0.29, 0.717) is 18.8 Å². The van der Waals surface area contributed by atoms with Crippen molar-refractivity contribution < 1.29 is 9.53 Å². The Kier molecular flexibility index (Phi) is 4.68. The summed E-state index contributed by atoms with van der Waals surface area (Å²) in [6.07, 6.45) is 1.68. The molecule has 0 radical (unpaired) electrons. The molecular formula is C12H16BrN3O2. The number of pyridine rings is 1. The van der Waals surface area contributed by atoms with Crippen LogP contribution in [-0.2, 0) is 4.74 Å². The lowest BCUT2D eigenvalue weighted by atomic mass is 10.2. The van der Waals surface area contributed by atoms with Gasteiger partial charge in [0.05, 0.1) is 12.7 Å². The summed E-state index contributed by atoms with van der Waals surface area (Å²) in [4.78, 5) is 17.8. The van der Waals surface area contributed by atoms with Crippen molar-refractivity contribution in [1.82, 2.24) is 15.2 Å². The van der Waals surface area contributed by atoms with Crippen molar-refractivity contribution >= 4 is 21.8 Å². The molecule has 98 valence electrons. The van der Waals surface area contributed by atoms with Gasteiger partial charge in [0.15, 0.2) is 0 Å². The molecule has 0 aliphatic carbocycles. The Morgan fingerprint density at radius 3 is 3.11 bits per heavy atom. The molecule has 2 heterocycles. The Labute approximate surface area is 115 Å². The van der Waals surface area contributed by atoms with Gasteiger partial charge in [-0.3, -0.25) is 4.79 Å². The number of carbonyl (C=O) groups is 1. The molecule has 1 N–H and O–H groups in total. The molecule has 0 spiro atoms. The van der Waals surface area contributed by atoms with Crippen LogP contribution in [-0.4, -0.2) is 55.2 Å². The largest absolute Gasteiger partial charge is 0.374 e. The summed E-state index contributed by atoms with van der Waals surface area (Å²) in [6, 6.07) is 3.52. The van der Waals surface area contributed by atoms with Crippen LogP contribution in [0.25, 0.3) is 0 Å². The summed E-state index contributed by atoms with van der Waals surface area (Å²) in [5.41, 5.74) is 0.449. The maximum absolute atomic E-state index is 12.1. The number of aromatic nitrogens is 1. The van der Waals surface area contributed by atoms with E-state index in [9.17, 15) is 4.79 Å². The first-order valence-corrected chi connectivity index (χ1v) is 6.65. The normalized spacial score (nSPS) is 19.6. The maximum atomic E-state index is 12.1. The number of morpholine rings is 1. The average molecular weight is 314 g/mol. The number of carbonyl (C=O) groups excluding carboxylic acids is 1. The molecule has 1 fully saturated rings. The minimum atomic E-state index is -0.0864. The van der Waals surface area contributed by atoms with Gasteiger partial charge in [0, 0.05) is 37.4 Å². The van der Waals surface area contributed by atoms with Gasteiger partial charge in [-0.2, -0.15) is 0 Å². The number of nitrogens with one attached hydrogen (secondary N) is 1. The van der Waals surface area contributed by atoms with E-state index >= 15 is 0 Å². The van der Waals surface area contributed by atoms with Crippen molar-refractivity contribution in [3.63, 3.8) is 0 Å². The third-order valence-corrected chi connectivity index (χ3v) is 3.24. The highest BCUT2D eigenvalue weighted by atomic mass is 79.9. The SMILES string of the molecule is CN(CC1CNCCO1)C(=O)c1ccc(Br)cn1. The van der Waals surface area contributed by atoms with E-state index in [1.54, 1.807) is 24.2 Å². The highest BCUT2D eigenvalue weighted by molar-refractivity contribution is 9.10. The van der Waals surface area contributed by atoms with E-state index in [4.69, 9.17) is 4.74 Å². The van der Waals surface area contributed by atoms with Gasteiger partial charge < -0.3 is 15.0 Å². The number of rotatable bonds is 3. The number of amides is 1. The first-order valence-electron chi connectivity index (χ1n) is 5.86. The predicted molar refractivity (Wildman–Crippen MR) is 71.5 cm³/mol. The van der Waals surface area contributed by atoms with Gasteiger partial charge in [0.2, 0.25) is 0 Å². The van der Waals surface area contributed by atoms with E-state index in [1.165, 1.54) is 0 Å². The number of ether oxygens (including phenoxy) is 1. The molecule has 0 saturated carbocycles. The number of halogens is 1. The lowest BCUT2D eigenvalue weighted by Gasteiger charge is -2.27. The summed E-state index contributed by atoms with van der Waals surface area (Å²) in [7, 11) is 1.77. The number of likely N-dealkylation sites (N-methyl/N-ethyl adjacent to an activating group) is 1. The van der Waals surface area contributed by atoms with Gasteiger partial charge >= 0.3 is 0 Å². The smallest absolute Gasteiger partial charge is 0.272 e. The van der Waals surface area contributed by atoms with E-state index < -0.39 is 0 Å². The highest BCUT2D eigenvalue weighted by Gasteiger charge is 2.20. The zero-order valence-electron chi connectivity index (χ0n) is 10.2. The molecule has 0 aromatic carbocycles. The second-order valence-electron chi connectivity index (χ2n) is 4.24. The Morgan fingerprint density at radius 1 is 1.67 bits per heavy atom. The molecule has 1 atom stereocenters. The minimum absolute atomic E-state index is 0.0585. The van der Waals surface area contributed by atoms with E-state index in [1.807, 2.05) is 6.07 Å². The van der Waals surface area contributed by atoms with Gasteiger partial charge in [0.25, 0.3) is 5.91 Å². The van der Waals surface area contributed by atoms with Crippen molar-refractivity contribution in [3.05, 3.63) is 28.5 Å². The van der Waals surface area contributed by atoms with Crippen molar-refractivity contribution in [2.45, 2.75) is 6.10 Å². The zero-order chi connectivity index (χ0) is 13.0. The fourth-order valence-corrected chi connectivity index (χ4v) is 2.06. The zero-order valence-corrected chi connectivity index (χ0v) is 11.8. The molecular weight excluding hydrogens is 298 g/mol. The summed E-state index contributed by atoms with van der Waals surface area (Å²) in [6.45, 7) is 2.93. The molecule has 2 rings (SSSR count). The Morgan fingerprint density at radius 2 is 2.50 bits per heavy atom. The van der Waals surface area contributed by atoms with Crippen molar-refractivity contribution in [3.8, 4) is 0 Å².